The molecule has 0 fully saturated rings. The van der Waals surface area contributed by atoms with Gasteiger partial charge in [-0.2, -0.15) is 0 Å². The van der Waals surface area contributed by atoms with E-state index < -0.39 is 11.7 Å². The molecule has 0 bridgehead atoms. The number of aliphatic imine (C=N–C) groups is 1. The summed E-state index contributed by atoms with van der Waals surface area (Å²) in [6.45, 7) is 3.58. The fourth-order valence-corrected chi connectivity index (χ4v) is 4.50. The maximum absolute atomic E-state index is 10.8. The number of allylic oxidation sites excluding steroid dienone is 6. The molecule has 2 aromatic carbocycles. The third-order valence-corrected chi connectivity index (χ3v) is 6.33. The lowest BCUT2D eigenvalue weighted by Gasteiger charge is -2.22. The monoisotopic (exact) mass is 459 g/mol. The Hall–Kier alpha value is -2.72. The van der Waals surface area contributed by atoms with E-state index in [1.807, 2.05) is 72.8 Å². The van der Waals surface area contributed by atoms with Crippen molar-refractivity contribution in [3.63, 3.8) is 0 Å². The highest BCUT2D eigenvalue weighted by atomic mass is 35.5. The van der Waals surface area contributed by atoms with Crippen LogP contribution in [-0.4, -0.2) is 15.9 Å². The van der Waals surface area contributed by atoms with Gasteiger partial charge in [-0.15, -0.1) is 0 Å². The largest absolute Gasteiger partial charge is 0.388 e. The van der Waals surface area contributed by atoms with Gasteiger partial charge in [0, 0.05) is 16.7 Å². The summed E-state index contributed by atoms with van der Waals surface area (Å²) < 4.78 is 0. The van der Waals surface area contributed by atoms with Crippen molar-refractivity contribution in [2.24, 2.45) is 10.9 Å². The van der Waals surface area contributed by atoms with Crippen molar-refractivity contribution in [3.05, 3.63) is 112 Å². The zero-order chi connectivity index (χ0) is 23.4. The average molecular weight is 460 g/mol. The first-order valence-corrected chi connectivity index (χ1v) is 11.8. The van der Waals surface area contributed by atoms with Crippen molar-refractivity contribution in [1.29, 1.82) is 0 Å². The van der Waals surface area contributed by atoms with Crippen molar-refractivity contribution in [3.8, 4) is 0 Å². The molecule has 170 valence electrons. The molecule has 3 nitrogen and oxygen atoms in total. The number of halogens is 1. The summed E-state index contributed by atoms with van der Waals surface area (Å²) >= 11 is 6.12. The van der Waals surface area contributed by atoms with Crippen molar-refractivity contribution < 1.29 is 10.2 Å². The molecule has 1 heterocycles. The average Bonchev–Trinajstić information content (AvgIpc) is 2.80. The standard InChI is InChI=1S/C29H30ClNO2/c1-29(2,33)26-9-4-3-7-21(26)13-17-28(32)23-8-5-6-20(18-23)10-15-25-16-12-22-11-14-24(30)19-27(22)31-25/h3-11,14-16,18-19,22,28,32-33H,12-13,17H2,1-2H3/b15-10+/t22?,28-/m0/s1. The Morgan fingerprint density at radius 3 is 2.79 bits per heavy atom. The van der Waals surface area contributed by atoms with Crippen LogP contribution in [-0.2, 0) is 12.0 Å². The summed E-state index contributed by atoms with van der Waals surface area (Å²) in [4.78, 5) is 4.73. The molecule has 33 heavy (non-hydrogen) atoms. The van der Waals surface area contributed by atoms with E-state index in [1.54, 1.807) is 13.8 Å². The lowest BCUT2D eigenvalue weighted by molar-refractivity contribution is 0.0772. The molecule has 2 aliphatic rings. The Morgan fingerprint density at radius 2 is 1.97 bits per heavy atom. The van der Waals surface area contributed by atoms with Gasteiger partial charge in [0.25, 0.3) is 0 Å². The van der Waals surface area contributed by atoms with Gasteiger partial charge in [-0.25, -0.2) is 0 Å². The minimum absolute atomic E-state index is 0.310. The molecule has 0 saturated carbocycles. The molecule has 0 spiro atoms. The van der Waals surface area contributed by atoms with Crippen molar-refractivity contribution in [2.45, 2.75) is 44.8 Å². The van der Waals surface area contributed by atoms with Crippen LogP contribution in [0.15, 0.2) is 94.6 Å². The van der Waals surface area contributed by atoms with Crippen LogP contribution < -0.4 is 0 Å². The van der Waals surface area contributed by atoms with Crippen LogP contribution in [0.2, 0.25) is 0 Å². The maximum atomic E-state index is 10.8. The number of hydrogen-bond donors (Lipinski definition) is 2. The first kappa shape index (κ1) is 23.4. The molecule has 0 radical (unpaired) electrons. The van der Waals surface area contributed by atoms with Crippen LogP contribution in [0.1, 0.15) is 55.0 Å². The molecule has 1 aliphatic heterocycles. The quantitative estimate of drug-likeness (QED) is 0.488. The molecular weight excluding hydrogens is 430 g/mol. The van der Waals surface area contributed by atoms with Gasteiger partial charge >= 0.3 is 0 Å². The topological polar surface area (TPSA) is 52.8 Å². The molecule has 0 amide bonds. The van der Waals surface area contributed by atoms with Gasteiger partial charge in [0.2, 0.25) is 0 Å². The highest BCUT2D eigenvalue weighted by Gasteiger charge is 2.20. The van der Waals surface area contributed by atoms with Gasteiger partial charge < -0.3 is 10.2 Å². The fraction of sp³-hybridized carbons (Fsp3) is 0.276. The van der Waals surface area contributed by atoms with E-state index in [0.29, 0.717) is 23.8 Å². The molecule has 2 aromatic rings. The van der Waals surface area contributed by atoms with Gasteiger partial charge in [0.05, 0.1) is 17.4 Å². The second-order valence-corrected chi connectivity index (χ2v) is 9.61. The number of nitrogens with zero attached hydrogens (tertiary/aromatic N) is 1. The summed E-state index contributed by atoms with van der Waals surface area (Å²) in [6.07, 6.45) is 13.8. The minimum atomic E-state index is -0.904. The highest BCUT2D eigenvalue weighted by molar-refractivity contribution is 6.33. The summed E-state index contributed by atoms with van der Waals surface area (Å²) in [6, 6.07) is 15.8. The Morgan fingerprint density at radius 1 is 1.15 bits per heavy atom. The number of benzene rings is 2. The highest BCUT2D eigenvalue weighted by Crippen LogP contribution is 2.28. The third-order valence-electron chi connectivity index (χ3n) is 6.10. The van der Waals surface area contributed by atoms with Gasteiger partial charge in [0.15, 0.2) is 0 Å². The molecule has 2 N–H and O–H groups in total. The van der Waals surface area contributed by atoms with Crippen LogP contribution in [0.3, 0.4) is 0 Å². The second-order valence-electron chi connectivity index (χ2n) is 9.17. The van der Waals surface area contributed by atoms with Gasteiger partial charge in [-0.3, -0.25) is 4.99 Å². The zero-order valence-corrected chi connectivity index (χ0v) is 19.8. The molecule has 0 aromatic heterocycles. The Labute approximate surface area is 201 Å². The normalized spacial score (nSPS) is 19.1. The summed E-state index contributed by atoms with van der Waals surface area (Å²) in [5.41, 5.74) is 4.89. The van der Waals surface area contributed by atoms with Crippen LogP contribution in [0.4, 0.5) is 0 Å². The Kier molecular flexibility index (Phi) is 7.14. The number of fused-ring (bicyclic) bond motifs is 1. The predicted octanol–water partition coefficient (Wildman–Crippen LogP) is 6.63. The Balaban J connectivity index is 1.42. The first-order chi connectivity index (χ1) is 15.8. The van der Waals surface area contributed by atoms with E-state index in [1.165, 1.54) is 0 Å². The smallest absolute Gasteiger partial charge is 0.0843 e. The second kappa shape index (κ2) is 10.0. The zero-order valence-electron chi connectivity index (χ0n) is 19.1. The third kappa shape index (κ3) is 6.00. The van der Waals surface area contributed by atoms with Crippen LogP contribution in [0.5, 0.6) is 0 Å². The number of rotatable bonds is 7. The van der Waals surface area contributed by atoms with Gasteiger partial charge in [0.1, 0.15) is 0 Å². The van der Waals surface area contributed by atoms with E-state index in [2.05, 4.69) is 12.2 Å². The van der Waals surface area contributed by atoms with Crippen LogP contribution in [0.25, 0.3) is 6.08 Å². The molecule has 0 saturated heterocycles. The van der Waals surface area contributed by atoms with E-state index in [0.717, 1.165) is 40.1 Å². The Bertz CT molecular complexity index is 1160. The molecule has 1 aliphatic carbocycles. The number of aliphatic hydroxyl groups is 2. The van der Waals surface area contributed by atoms with Crippen molar-refractivity contribution in [2.75, 3.05) is 0 Å². The minimum Gasteiger partial charge on any atom is -0.388 e. The van der Waals surface area contributed by atoms with E-state index in [4.69, 9.17) is 16.6 Å². The van der Waals surface area contributed by atoms with Crippen LogP contribution >= 0.6 is 11.6 Å². The summed E-state index contributed by atoms with van der Waals surface area (Å²) in [5, 5.41) is 22.0. The lowest BCUT2D eigenvalue weighted by atomic mass is 9.90. The van der Waals surface area contributed by atoms with E-state index >= 15 is 0 Å². The lowest BCUT2D eigenvalue weighted by Crippen LogP contribution is -2.18. The number of aryl methyl sites for hydroxylation is 1. The SMILES string of the molecule is CC(C)(O)c1ccccc1CC[C@H](O)c1cccc(/C=C/C2=CCC3C=CC(Cl)=CC3=N2)c1. The van der Waals surface area contributed by atoms with Gasteiger partial charge in [-0.1, -0.05) is 72.3 Å². The number of hydrogen-bond acceptors (Lipinski definition) is 3. The molecule has 2 atom stereocenters. The summed E-state index contributed by atoms with van der Waals surface area (Å²) in [5.74, 6) is 0.310. The van der Waals surface area contributed by atoms with Crippen molar-refractivity contribution >= 4 is 23.4 Å². The number of aliphatic hydroxyl groups excluding tert-OH is 1. The van der Waals surface area contributed by atoms with E-state index in [9.17, 15) is 10.2 Å². The summed E-state index contributed by atoms with van der Waals surface area (Å²) in [7, 11) is 0. The molecule has 4 heteroatoms. The maximum Gasteiger partial charge on any atom is 0.0843 e. The van der Waals surface area contributed by atoms with Gasteiger partial charge in [-0.05, 0) is 79.7 Å². The van der Waals surface area contributed by atoms with Crippen LogP contribution in [0, 0.1) is 5.92 Å². The molecule has 1 unspecified atom stereocenters. The van der Waals surface area contributed by atoms with E-state index in [-0.39, 0.29) is 0 Å². The molecular formula is C29H30ClNO2. The van der Waals surface area contributed by atoms with Crippen molar-refractivity contribution in [1.82, 2.24) is 0 Å². The fourth-order valence-electron chi connectivity index (χ4n) is 4.31. The first-order valence-electron chi connectivity index (χ1n) is 11.4. The predicted molar refractivity (Wildman–Crippen MR) is 137 cm³/mol. The molecule has 4 rings (SSSR count).